The van der Waals surface area contributed by atoms with Crippen molar-refractivity contribution >= 4 is 28.6 Å². The zero-order valence-electron chi connectivity index (χ0n) is 18.1. The number of ketones is 1. The summed E-state index contributed by atoms with van der Waals surface area (Å²) in [5.41, 5.74) is 13.2. The second kappa shape index (κ2) is 7.76. The first-order chi connectivity index (χ1) is 14.8. The molecular formula is C26H25N3O2. The molecule has 0 aliphatic rings. The SMILES string of the molecule is Cc1ccc(C)c(NC(=O)c2c(N)c(C(=O)c3ccc(C)c(C)c3)n3ccccc23)c1. The van der Waals surface area contributed by atoms with Gasteiger partial charge in [0.2, 0.25) is 5.78 Å². The number of nitrogens with one attached hydrogen (secondary N) is 1. The number of anilines is 2. The van der Waals surface area contributed by atoms with Crippen LogP contribution in [0.4, 0.5) is 11.4 Å². The Morgan fingerprint density at radius 2 is 1.61 bits per heavy atom. The standard InChI is InChI=1S/C26H25N3O2/c1-15-8-9-17(3)20(13-15)28-26(31)22-21-7-5-6-12-29(21)24(23(22)27)25(30)19-11-10-16(2)18(4)14-19/h5-14H,27H2,1-4H3,(H,28,31). The van der Waals surface area contributed by atoms with Crippen molar-refractivity contribution in [3.05, 3.63) is 99.9 Å². The lowest BCUT2D eigenvalue weighted by Crippen LogP contribution is -2.15. The molecule has 2 heterocycles. The fraction of sp³-hybridized carbons (Fsp3) is 0.154. The third kappa shape index (κ3) is 3.59. The van der Waals surface area contributed by atoms with Gasteiger partial charge in [0.05, 0.1) is 16.8 Å². The van der Waals surface area contributed by atoms with E-state index in [1.165, 1.54) is 0 Å². The predicted molar refractivity (Wildman–Crippen MR) is 125 cm³/mol. The van der Waals surface area contributed by atoms with Crippen LogP contribution in [-0.4, -0.2) is 16.1 Å². The summed E-state index contributed by atoms with van der Waals surface area (Å²) in [6.45, 7) is 7.87. The molecule has 0 unspecified atom stereocenters. The van der Waals surface area contributed by atoms with Crippen LogP contribution in [0.3, 0.4) is 0 Å². The van der Waals surface area contributed by atoms with E-state index in [-0.39, 0.29) is 17.4 Å². The molecule has 31 heavy (non-hydrogen) atoms. The van der Waals surface area contributed by atoms with Crippen LogP contribution in [-0.2, 0) is 0 Å². The lowest BCUT2D eigenvalue weighted by molar-refractivity contribution is 0.102. The van der Waals surface area contributed by atoms with Gasteiger partial charge in [0, 0.05) is 17.4 Å². The lowest BCUT2D eigenvalue weighted by atomic mass is 10.0. The van der Waals surface area contributed by atoms with Crippen LogP contribution in [0.5, 0.6) is 0 Å². The van der Waals surface area contributed by atoms with E-state index in [4.69, 9.17) is 5.73 Å². The first kappa shape index (κ1) is 20.4. The molecule has 2 aromatic heterocycles. The number of nitrogen functional groups attached to an aromatic ring is 1. The number of nitrogens with zero attached hydrogens (tertiary/aromatic N) is 1. The van der Waals surface area contributed by atoms with Crippen molar-refractivity contribution in [3.8, 4) is 0 Å². The van der Waals surface area contributed by atoms with Gasteiger partial charge in [-0.15, -0.1) is 0 Å². The molecule has 0 fully saturated rings. The van der Waals surface area contributed by atoms with Gasteiger partial charge in [0.25, 0.3) is 5.91 Å². The highest BCUT2D eigenvalue weighted by Crippen LogP contribution is 2.30. The van der Waals surface area contributed by atoms with Gasteiger partial charge in [0.1, 0.15) is 5.69 Å². The number of hydrogen-bond acceptors (Lipinski definition) is 3. The van der Waals surface area contributed by atoms with Crippen molar-refractivity contribution < 1.29 is 9.59 Å². The van der Waals surface area contributed by atoms with E-state index in [1.807, 2.05) is 70.2 Å². The van der Waals surface area contributed by atoms with Gasteiger partial charge in [-0.2, -0.15) is 0 Å². The fourth-order valence-electron chi connectivity index (χ4n) is 3.77. The van der Waals surface area contributed by atoms with Crippen LogP contribution in [0.15, 0.2) is 60.8 Å². The fourth-order valence-corrected chi connectivity index (χ4v) is 3.77. The van der Waals surface area contributed by atoms with Crippen molar-refractivity contribution in [2.75, 3.05) is 11.1 Å². The molecular weight excluding hydrogens is 386 g/mol. The maximum Gasteiger partial charge on any atom is 0.259 e. The zero-order valence-corrected chi connectivity index (χ0v) is 18.1. The first-order valence-corrected chi connectivity index (χ1v) is 10.2. The molecule has 0 saturated carbocycles. The van der Waals surface area contributed by atoms with Crippen LogP contribution >= 0.6 is 0 Å². The number of carbonyl (C=O) groups excluding carboxylic acids is 2. The van der Waals surface area contributed by atoms with E-state index in [0.717, 1.165) is 27.9 Å². The van der Waals surface area contributed by atoms with Gasteiger partial charge in [0.15, 0.2) is 0 Å². The van der Waals surface area contributed by atoms with Gasteiger partial charge >= 0.3 is 0 Å². The molecule has 2 aromatic carbocycles. The minimum atomic E-state index is -0.339. The maximum absolute atomic E-state index is 13.4. The highest BCUT2D eigenvalue weighted by atomic mass is 16.2. The Kier molecular flexibility index (Phi) is 5.11. The second-order valence-corrected chi connectivity index (χ2v) is 7.99. The van der Waals surface area contributed by atoms with Gasteiger partial charge < -0.3 is 15.5 Å². The monoisotopic (exact) mass is 411 g/mol. The molecule has 0 atom stereocenters. The van der Waals surface area contributed by atoms with Gasteiger partial charge in [-0.1, -0.05) is 30.3 Å². The van der Waals surface area contributed by atoms with Crippen LogP contribution in [0.1, 0.15) is 48.7 Å². The predicted octanol–water partition coefficient (Wildman–Crippen LogP) is 5.24. The number of amides is 1. The molecule has 4 aromatic rings. The third-order valence-corrected chi connectivity index (χ3v) is 5.73. The zero-order chi connectivity index (χ0) is 22.3. The average molecular weight is 412 g/mol. The van der Waals surface area contributed by atoms with Crippen molar-refractivity contribution in [1.29, 1.82) is 0 Å². The summed E-state index contributed by atoms with van der Waals surface area (Å²) in [5, 5.41) is 2.97. The van der Waals surface area contributed by atoms with E-state index in [2.05, 4.69) is 5.32 Å². The number of carbonyl (C=O) groups is 2. The van der Waals surface area contributed by atoms with Crippen LogP contribution in [0.2, 0.25) is 0 Å². The van der Waals surface area contributed by atoms with E-state index in [0.29, 0.717) is 22.3 Å². The average Bonchev–Trinajstić information content (AvgIpc) is 3.04. The second-order valence-electron chi connectivity index (χ2n) is 7.99. The van der Waals surface area contributed by atoms with Gasteiger partial charge in [-0.05, 0) is 74.2 Å². The van der Waals surface area contributed by atoms with E-state index >= 15 is 0 Å². The van der Waals surface area contributed by atoms with E-state index < -0.39 is 0 Å². The summed E-state index contributed by atoms with van der Waals surface area (Å²) in [5.74, 6) is -0.554. The highest BCUT2D eigenvalue weighted by Gasteiger charge is 2.26. The molecule has 0 bridgehead atoms. The van der Waals surface area contributed by atoms with Crippen LogP contribution in [0.25, 0.3) is 5.52 Å². The molecule has 0 aliphatic carbocycles. The third-order valence-electron chi connectivity index (χ3n) is 5.73. The smallest absolute Gasteiger partial charge is 0.259 e. The van der Waals surface area contributed by atoms with Gasteiger partial charge in [-0.3, -0.25) is 9.59 Å². The van der Waals surface area contributed by atoms with Crippen molar-refractivity contribution in [3.63, 3.8) is 0 Å². The van der Waals surface area contributed by atoms with Crippen molar-refractivity contribution in [1.82, 2.24) is 4.40 Å². The molecule has 4 rings (SSSR count). The number of hydrogen-bond donors (Lipinski definition) is 2. The molecule has 1 amide bonds. The number of fused-ring (bicyclic) bond motifs is 1. The highest BCUT2D eigenvalue weighted by molar-refractivity contribution is 6.20. The minimum absolute atomic E-state index is 0.178. The number of pyridine rings is 1. The summed E-state index contributed by atoms with van der Waals surface area (Å²) < 4.78 is 1.70. The Hall–Kier alpha value is -3.86. The largest absolute Gasteiger partial charge is 0.396 e. The molecule has 3 N–H and O–H groups in total. The Morgan fingerprint density at radius 3 is 2.35 bits per heavy atom. The Balaban J connectivity index is 1.83. The van der Waals surface area contributed by atoms with E-state index in [1.54, 1.807) is 22.7 Å². The van der Waals surface area contributed by atoms with Crippen molar-refractivity contribution in [2.45, 2.75) is 27.7 Å². The molecule has 0 spiro atoms. The molecule has 5 heteroatoms. The van der Waals surface area contributed by atoms with Crippen LogP contribution in [0, 0.1) is 27.7 Å². The molecule has 0 saturated heterocycles. The summed E-state index contributed by atoms with van der Waals surface area (Å²) >= 11 is 0. The molecule has 156 valence electrons. The topological polar surface area (TPSA) is 76.6 Å². The quantitative estimate of drug-likeness (QED) is 0.451. The summed E-state index contributed by atoms with van der Waals surface area (Å²) in [6.07, 6.45) is 1.76. The Morgan fingerprint density at radius 1 is 0.871 bits per heavy atom. The Bertz CT molecular complexity index is 1350. The summed E-state index contributed by atoms with van der Waals surface area (Å²) in [6, 6.07) is 16.9. The number of rotatable bonds is 4. The number of nitrogens with two attached hydrogens (primary N) is 1. The van der Waals surface area contributed by atoms with E-state index in [9.17, 15) is 9.59 Å². The van der Waals surface area contributed by atoms with Gasteiger partial charge in [-0.25, -0.2) is 0 Å². The minimum Gasteiger partial charge on any atom is -0.396 e. The number of benzene rings is 2. The summed E-state index contributed by atoms with van der Waals surface area (Å²) in [7, 11) is 0. The normalized spacial score (nSPS) is 11.0. The van der Waals surface area contributed by atoms with Crippen LogP contribution < -0.4 is 11.1 Å². The van der Waals surface area contributed by atoms with Crippen molar-refractivity contribution in [2.24, 2.45) is 0 Å². The molecule has 0 radical (unpaired) electrons. The summed E-state index contributed by atoms with van der Waals surface area (Å²) in [4.78, 5) is 26.7. The molecule has 5 nitrogen and oxygen atoms in total. The lowest BCUT2D eigenvalue weighted by Gasteiger charge is -2.09. The molecule has 0 aliphatic heterocycles. The maximum atomic E-state index is 13.4. The Labute approximate surface area is 181 Å². The number of aryl methyl sites for hydroxylation is 4. The first-order valence-electron chi connectivity index (χ1n) is 10.2. The number of aromatic nitrogens is 1.